The standard InChI is InChI=1S/C28H30FN3O3/c1-19-7-8-22(15-20(19)2)28(33)30-17-25(21-9-10-26-27(16-21)35-18-34-26)32-13-11-31(12-14-32)24-6-4-3-5-23(24)29/h3-10,15-16,25H,11-14,17-18H2,1-2H3,(H,30,33)/t25-/m1/s1. The Bertz CT molecular complexity index is 1220. The average Bonchev–Trinajstić information content (AvgIpc) is 3.35. The van der Waals surface area contributed by atoms with E-state index < -0.39 is 0 Å². The quantitative estimate of drug-likeness (QED) is 0.570. The molecular weight excluding hydrogens is 445 g/mol. The summed E-state index contributed by atoms with van der Waals surface area (Å²) in [6, 6.07) is 18.6. The van der Waals surface area contributed by atoms with Crippen LogP contribution in [0.1, 0.15) is 33.1 Å². The summed E-state index contributed by atoms with van der Waals surface area (Å²) < 4.78 is 25.4. The van der Waals surface area contributed by atoms with E-state index in [9.17, 15) is 9.18 Å². The van der Waals surface area contributed by atoms with Crippen LogP contribution >= 0.6 is 0 Å². The molecule has 182 valence electrons. The summed E-state index contributed by atoms with van der Waals surface area (Å²) in [4.78, 5) is 17.4. The van der Waals surface area contributed by atoms with Crippen molar-refractivity contribution >= 4 is 11.6 Å². The molecule has 6 nitrogen and oxygen atoms in total. The van der Waals surface area contributed by atoms with Gasteiger partial charge >= 0.3 is 0 Å². The van der Waals surface area contributed by atoms with Crippen molar-refractivity contribution in [3.05, 3.63) is 88.7 Å². The zero-order valence-corrected chi connectivity index (χ0v) is 20.1. The minimum atomic E-state index is -0.200. The molecule has 0 spiro atoms. The molecule has 1 N–H and O–H groups in total. The summed E-state index contributed by atoms with van der Waals surface area (Å²) in [5.41, 5.74) is 4.59. The number of aryl methyl sites for hydroxylation is 2. The van der Waals surface area contributed by atoms with Gasteiger partial charge in [0, 0.05) is 38.3 Å². The van der Waals surface area contributed by atoms with Crippen molar-refractivity contribution in [1.82, 2.24) is 10.2 Å². The van der Waals surface area contributed by atoms with Crippen molar-refractivity contribution in [3.8, 4) is 11.5 Å². The molecule has 1 amide bonds. The first-order valence-electron chi connectivity index (χ1n) is 12.0. The molecule has 0 aromatic heterocycles. The van der Waals surface area contributed by atoms with Crippen LogP contribution in [0.15, 0.2) is 60.7 Å². The zero-order valence-electron chi connectivity index (χ0n) is 20.1. The van der Waals surface area contributed by atoms with Crippen molar-refractivity contribution < 1.29 is 18.7 Å². The second-order valence-corrected chi connectivity index (χ2v) is 9.11. The highest BCUT2D eigenvalue weighted by molar-refractivity contribution is 5.94. The highest BCUT2D eigenvalue weighted by atomic mass is 19.1. The molecule has 2 heterocycles. The van der Waals surface area contributed by atoms with E-state index in [1.54, 1.807) is 6.07 Å². The molecule has 0 aliphatic carbocycles. The van der Waals surface area contributed by atoms with Gasteiger partial charge in [0.15, 0.2) is 11.5 Å². The van der Waals surface area contributed by atoms with Gasteiger partial charge in [-0.3, -0.25) is 9.69 Å². The SMILES string of the molecule is Cc1ccc(C(=O)NC[C@H](c2ccc3c(c2)OCO3)N2CCN(c3ccccc3F)CC2)cc1C. The Kier molecular flexibility index (Phi) is 6.59. The van der Waals surface area contributed by atoms with E-state index in [2.05, 4.69) is 15.1 Å². The number of halogens is 1. The lowest BCUT2D eigenvalue weighted by Crippen LogP contribution is -2.50. The molecular formula is C28H30FN3O3. The largest absolute Gasteiger partial charge is 0.454 e. The number of amides is 1. The molecule has 0 bridgehead atoms. The zero-order chi connectivity index (χ0) is 24.4. The number of nitrogens with zero attached hydrogens (tertiary/aromatic N) is 2. The lowest BCUT2D eigenvalue weighted by molar-refractivity contribution is 0.0930. The summed E-state index contributed by atoms with van der Waals surface area (Å²) in [7, 11) is 0. The van der Waals surface area contributed by atoms with Gasteiger partial charge in [-0.2, -0.15) is 0 Å². The van der Waals surface area contributed by atoms with Gasteiger partial charge in [-0.15, -0.1) is 0 Å². The number of ether oxygens (including phenoxy) is 2. The molecule has 1 fully saturated rings. The van der Waals surface area contributed by atoms with E-state index in [-0.39, 0.29) is 24.6 Å². The second-order valence-electron chi connectivity index (χ2n) is 9.11. The number of hydrogen-bond acceptors (Lipinski definition) is 5. The Morgan fingerprint density at radius 3 is 2.49 bits per heavy atom. The summed E-state index contributed by atoms with van der Waals surface area (Å²) in [5.74, 6) is 1.16. The molecule has 3 aromatic rings. The van der Waals surface area contributed by atoms with Crippen molar-refractivity contribution in [2.75, 3.05) is 44.4 Å². The van der Waals surface area contributed by atoms with Crippen LogP contribution in [0, 0.1) is 19.7 Å². The predicted octanol–water partition coefficient (Wildman–Crippen LogP) is 4.46. The van der Waals surface area contributed by atoms with Crippen LogP contribution < -0.4 is 19.7 Å². The number of carbonyl (C=O) groups is 1. The van der Waals surface area contributed by atoms with Gasteiger partial charge in [0.25, 0.3) is 5.91 Å². The highest BCUT2D eigenvalue weighted by Crippen LogP contribution is 2.36. The van der Waals surface area contributed by atoms with Gasteiger partial charge in [-0.25, -0.2) is 4.39 Å². The molecule has 35 heavy (non-hydrogen) atoms. The van der Waals surface area contributed by atoms with Crippen molar-refractivity contribution in [2.24, 2.45) is 0 Å². The van der Waals surface area contributed by atoms with Crippen molar-refractivity contribution in [3.63, 3.8) is 0 Å². The number of nitrogens with one attached hydrogen (secondary N) is 1. The number of fused-ring (bicyclic) bond motifs is 1. The van der Waals surface area contributed by atoms with Gasteiger partial charge < -0.3 is 19.7 Å². The van der Waals surface area contributed by atoms with E-state index in [1.165, 1.54) is 6.07 Å². The summed E-state index contributed by atoms with van der Waals surface area (Å²) in [5, 5.41) is 3.13. The van der Waals surface area contributed by atoms with Crippen LogP contribution in [0.5, 0.6) is 11.5 Å². The van der Waals surface area contributed by atoms with E-state index in [0.717, 1.165) is 41.3 Å². The minimum absolute atomic E-state index is 0.0530. The molecule has 2 aliphatic heterocycles. The molecule has 5 rings (SSSR count). The van der Waals surface area contributed by atoms with Gasteiger partial charge in [-0.1, -0.05) is 24.3 Å². The van der Waals surface area contributed by atoms with Crippen LogP contribution in [0.3, 0.4) is 0 Å². The monoisotopic (exact) mass is 475 g/mol. The van der Waals surface area contributed by atoms with Crippen molar-refractivity contribution in [1.29, 1.82) is 0 Å². The summed E-state index contributed by atoms with van der Waals surface area (Å²) in [6.45, 7) is 7.60. The third kappa shape index (κ3) is 4.95. The molecule has 1 atom stereocenters. The van der Waals surface area contributed by atoms with Gasteiger partial charge in [0.2, 0.25) is 6.79 Å². The fraction of sp³-hybridized carbons (Fsp3) is 0.321. The van der Waals surface area contributed by atoms with E-state index in [1.807, 2.05) is 62.4 Å². The van der Waals surface area contributed by atoms with Crippen LogP contribution in [-0.2, 0) is 0 Å². The Morgan fingerprint density at radius 2 is 1.71 bits per heavy atom. The third-order valence-corrected chi connectivity index (χ3v) is 6.95. The fourth-order valence-electron chi connectivity index (χ4n) is 4.73. The Morgan fingerprint density at radius 1 is 0.943 bits per heavy atom. The Labute approximate surface area is 205 Å². The van der Waals surface area contributed by atoms with Crippen molar-refractivity contribution in [2.45, 2.75) is 19.9 Å². The molecule has 0 unspecified atom stereocenters. The van der Waals surface area contributed by atoms with Crippen LogP contribution in [0.25, 0.3) is 0 Å². The number of benzene rings is 3. The van der Waals surface area contributed by atoms with Gasteiger partial charge in [0.1, 0.15) is 5.82 Å². The maximum absolute atomic E-state index is 14.3. The van der Waals surface area contributed by atoms with Gasteiger partial charge in [-0.05, 0) is 66.9 Å². The second kappa shape index (κ2) is 9.96. The Balaban J connectivity index is 1.33. The van der Waals surface area contributed by atoms with E-state index in [4.69, 9.17) is 9.47 Å². The van der Waals surface area contributed by atoms with E-state index >= 15 is 0 Å². The van der Waals surface area contributed by atoms with Crippen LogP contribution in [-0.4, -0.2) is 50.3 Å². The number of rotatable bonds is 6. The fourth-order valence-corrected chi connectivity index (χ4v) is 4.73. The lowest BCUT2D eigenvalue weighted by atomic mass is 10.0. The molecule has 1 saturated heterocycles. The molecule has 2 aliphatic rings. The molecule has 0 radical (unpaired) electrons. The van der Waals surface area contributed by atoms with Crippen LogP contribution in [0.4, 0.5) is 10.1 Å². The molecule has 7 heteroatoms. The topological polar surface area (TPSA) is 54.0 Å². The number of hydrogen-bond donors (Lipinski definition) is 1. The number of anilines is 1. The molecule has 3 aromatic carbocycles. The number of carbonyl (C=O) groups excluding carboxylic acids is 1. The smallest absolute Gasteiger partial charge is 0.251 e. The summed E-state index contributed by atoms with van der Waals surface area (Å²) in [6.07, 6.45) is 0. The predicted molar refractivity (Wildman–Crippen MR) is 134 cm³/mol. The molecule has 0 saturated carbocycles. The van der Waals surface area contributed by atoms with E-state index in [0.29, 0.717) is 30.9 Å². The van der Waals surface area contributed by atoms with Gasteiger partial charge in [0.05, 0.1) is 11.7 Å². The van der Waals surface area contributed by atoms with Crippen LogP contribution in [0.2, 0.25) is 0 Å². The number of para-hydroxylation sites is 1. The highest BCUT2D eigenvalue weighted by Gasteiger charge is 2.28. The third-order valence-electron chi connectivity index (χ3n) is 6.95. The first kappa shape index (κ1) is 23.2. The lowest BCUT2D eigenvalue weighted by Gasteiger charge is -2.40. The maximum Gasteiger partial charge on any atom is 0.251 e. The first-order valence-corrected chi connectivity index (χ1v) is 12.0. The first-order chi connectivity index (χ1) is 17.0. The average molecular weight is 476 g/mol. The normalized spacial score (nSPS) is 16.3. The minimum Gasteiger partial charge on any atom is -0.454 e. The maximum atomic E-state index is 14.3. The number of piperazine rings is 1. The Hall–Kier alpha value is -3.58. The summed E-state index contributed by atoms with van der Waals surface area (Å²) >= 11 is 0.